The lowest BCUT2D eigenvalue weighted by atomic mass is 10.2. The molecule has 42 heavy (non-hydrogen) atoms. The summed E-state index contributed by atoms with van der Waals surface area (Å²) in [5.74, 6) is 1.82. The zero-order valence-electron chi connectivity index (χ0n) is 24.1. The van der Waals surface area contributed by atoms with Crippen molar-refractivity contribution in [3.8, 4) is 11.4 Å². The van der Waals surface area contributed by atoms with Gasteiger partial charge >= 0.3 is 6.03 Å². The van der Waals surface area contributed by atoms with Crippen molar-refractivity contribution >= 4 is 35.2 Å². The molecule has 2 N–H and O–H groups in total. The minimum atomic E-state index is -0.386. The lowest BCUT2D eigenvalue weighted by molar-refractivity contribution is 0.0827. The fraction of sp³-hybridized carbons (Fsp3) is 0.433. The molecule has 0 aliphatic carbocycles. The molecule has 3 amide bonds. The Kier molecular flexibility index (Phi) is 7.90. The van der Waals surface area contributed by atoms with E-state index in [0.29, 0.717) is 67.6 Å². The molecule has 220 valence electrons. The second-order valence-electron chi connectivity index (χ2n) is 11.1. The van der Waals surface area contributed by atoms with Crippen molar-refractivity contribution in [3.63, 3.8) is 0 Å². The third-order valence-electron chi connectivity index (χ3n) is 7.90. The second-order valence-corrected chi connectivity index (χ2v) is 11.1. The molecular formula is C30H36N8O4. The fourth-order valence-electron chi connectivity index (χ4n) is 5.66. The lowest BCUT2D eigenvalue weighted by Gasteiger charge is -2.36. The van der Waals surface area contributed by atoms with Crippen LogP contribution < -0.4 is 20.4 Å². The molecule has 0 saturated carbocycles. The Bertz CT molecular complexity index is 1420. The van der Waals surface area contributed by atoms with E-state index in [1.165, 1.54) is 4.90 Å². The maximum absolute atomic E-state index is 12.6. The summed E-state index contributed by atoms with van der Waals surface area (Å²) in [5.41, 5.74) is 2.58. The number of morpholine rings is 2. The van der Waals surface area contributed by atoms with Gasteiger partial charge in [0, 0.05) is 43.1 Å². The van der Waals surface area contributed by atoms with E-state index in [2.05, 4.69) is 27.4 Å². The monoisotopic (exact) mass is 572 g/mol. The van der Waals surface area contributed by atoms with Crippen LogP contribution in [0, 0.1) is 0 Å². The quantitative estimate of drug-likeness (QED) is 0.457. The van der Waals surface area contributed by atoms with E-state index in [1.807, 2.05) is 24.3 Å². The summed E-state index contributed by atoms with van der Waals surface area (Å²) < 4.78 is 11.4. The minimum absolute atomic E-state index is 0.0970. The van der Waals surface area contributed by atoms with Crippen molar-refractivity contribution in [2.45, 2.75) is 37.9 Å². The molecule has 6 rings (SSSR count). The van der Waals surface area contributed by atoms with Crippen LogP contribution in [0.5, 0.6) is 0 Å². The zero-order valence-corrected chi connectivity index (χ0v) is 24.1. The Morgan fingerprint density at radius 3 is 2.07 bits per heavy atom. The van der Waals surface area contributed by atoms with E-state index in [1.54, 1.807) is 38.4 Å². The number of carbonyl (C=O) groups is 2. The third kappa shape index (κ3) is 5.86. The van der Waals surface area contributed by atoms with Crippen LogP contribution in [0.25, 0.3) is 11.4 Å². The molecule has 12 nitrogen and oxygen atoms in total. The molecular weight excluding hydrogens is 536 g/mol. The summed E-state index contributed by atoms with van der Waals surface area (Å²) >= 11 is 0. The number of amides is 3. The Morgan fingerprint density at radius 2 is 1.45 bits per heavy atom. The molecule has 3 atom stereocenters. The van der Waals surface area contributed by atoms with Crippen LogP contribution in [0.1, 0.15) is 30.1 Å². The molecule has 12 heteroatoms. The Balaban J connectivity index is 1.19. The molecule has 0 radical (unpaired) electrons. The number of aromatic nitrogens is 3. The van der Waals surface area contributed by atoms with E-state index in [-0.39, 0.29) is 30.1 Å². The highest BCUT2D eigenvalue weighted by molar-refractivity contribution is 6.00. The van der Waals surface area contributed by atoms with Crippen LogP contribution in [-0.2, 0) is 9.47 Å². The van der Waals surface area contributed by atoms with E-state index < -0.39 is 0 Å². The molecule has 3 unspecified atom stereocenters. The summed E-state index contributed by atoms with van der Waals surface area (Å²) in [7, 11) is 3.40. The summed E-state index contributed by atoms with van der Waals surface area (Å²) in [5, 5.41) is 5.65. The Labute approximate surface area is 245 Å². The van der Waals surface area contributed by atoms with E-state index >= 15 is 0 Å². The molecule has 3 aliphatic rings. The van der Waals surface area contributed by atoms with Crippen molar-refractivity contribution in [1.82, 2.24) is 19.9 Å². The van der Waals surface area contributed by atoms with Gasteiger partial charge in [0.1, 0.15) is 0 Å². The van der Waals surface area contributed by atoms with Crippen LogP contribution in [0.3, 0.4) is 0 Å². The molecule has 3 fully saturated rings. The molecule has 3 aliphatic heterocycles. The molecule has 4 heterocycles. The van der Waals surface area contributed by atoms with Crippen molar-refractivity contribution in [1.29, 1.82) is 0 Å². The van der Waals surface area contributed by atoms with Gasteiger partial charge in [0.25, 0.3) is 5.91 Å². The summed E-state index contributed by atoms with van der Waals surface area (Å²) in [4.78, 5) is 45.5. The zero-order chi connectivity index (χ0) is 29.2. The molecule has 3 saturated heterocycles. The van der Waals surface area contributed by atoms with Gasteiger partial charge in [-0.25, -0.2) is 4.79 Å². The largest absolute Gasteiger partial charge is 0.377 e. The first-order valence-corrected chi connectivity index (χ1v) is 14.3. The second kappa shape index (κ2) is 11.9. The number of urea groups is 1. The van der Waals surface area contributed by atoms with Crippen LogP contribution in [0.15, 0.2) is 48.5 Å². The highest BCUT2D eigenvalue weighted by Crippen LogP contribution is 2.34. The van der Waals surface area contributed by atoms with Gasteiger partial charge in [-0.2, -0.15) is 15.0 Å². The van der Waals surface area contributed by atoms with Gasteiger partial charge in [-0.05, 0) is 68.3 Å². The number of nitrogens with one attached hydrogen (secondary N) is 2. The van der Waals surface area contributed by atoms with Gasteiger partial charge in [0.2, 0.25) is 11.9 Å². The van der Waals surface area contributed by atoms with Gasteiger partial charge in [0.15, 0.2) is 5.82 Å². The molecule has 0 spiro atoms. The van der Waals surface area contributed by atoms with Crippen LogP contribution in [0.2, 0.25) is 0 Å². The number of rotatable bonds is 6. The number of carbonyl (C=O) groups excluding carboxylic acids is 2. The van der Waals surface area contributed by atoms with Gasteiger partial charge in [-0.15, -0.1) is 0 Å². The first-order chi connectivity index (χ1) is 20.4. The molecule has 1 aromatic heterocycles. The van der Waals surface area contributed by atoms with E-state index in [4.69, 9.17) is 24.4 Å². The number of fused-ring (bicyclic) bond motifs is 2. The number of ether oxygens (including phenoxy) is 2. The maximum Gasteiger partial charge on any atom is 0.323 e. The van der Waals surface area contributed by atoms with Gasteiger partial charge in [-0.3, -0.25) is 4.79 Å². The van der Waals surface area contributed by atoms with Crippen LogP contribution >= 0.6 is 0 Å². The number of benzene rings is 2. The summed E-state index contributed by atoms with van der Waals surface area (Å²) in [6, 6.07) is 14.5. The number of anilines is 4. The molecule has 2 aromatic carbocycles. The van der Waals surface area contributed by atoms with Crippen molar-refractivity contribution in [2.24, 2.45) is 0 Å². The van der Waals surface area contributed by atoms with Crippen molar-refractivity contribution in [2.75, 3.05) is 67.5 Å². The lowest BCUT2D eigenvalue weighted by Crippen LogP contribution is -2.48. The highest BCUT2D eigenvalue weighted by atomic mass is 16.5. The standard InChI is InChI=1S/C30H36N8O4/c1-19-16-41-15-14-37(19)28-33-26(34-29(35-28)38-24-12-13-25(38)18-42-17-24)20-4-8-22(9-5-20)31-30(40)32-23-10-6-21(7-11-23)27(39)36(2)3/h4-11,19,24-25H,12-18H2,1-3H3,(H2,31,32,40). The Morgan fingerprint density at radius 1 is 0.833 bits per heavy atom. The van der Waals surface area contributed by atoms with Crippen molar-refractivity contribution < 1.29 is 19.1 Å². The number of hydrogen-bond donors (Lipinski definition) is 2. The topological polar surface area (TPSA) is 125 Å². The molecule has 2 bridgehead atoms. The third-order valence-corrected chi connectivity index (χ3v) is 7.90. The first-order valence-electron chi connectivity index (χ1n) is 14.3. The fourth-order valence-corrected chi connectivity index (χ4v) is 5.66. The summed E-state index contributed by atoms with van der Waals surface area (Å²) in [6.07, 6.45) is 2.13. The minimum Gasteiger partial charge on any atom is -0.377 e. The number of nitrogens with zero attached hydrogens (tertiary/aromatic N) is 6. The van der Waals surface area contributed by atoms with Gasteiger partial charge in [-0.1, -0.05) is 0 Å². The average Bonchev–Trinajstić information content (AvgIpc) is 3.25. The first kappa shape index (κ1) is 27.9. The van der Waals surface area contributed by atoms with Gasteiger partial charge in [0.05, 0.1) is 44.6 Å². The predicted octanol–water partition coefficient (Wildman–Crippen LogP) is 3.48. The molecule has 3 aromatic rings. The highest BCUT2D eigenvalue weighted by Gasteiger charge is 2.39. The van der Waals surface area contributed by atoms with Crippen molar-refractivity contribution in [3.05, 3.63) is 54.1 Å². The predicted molar refractivity (Wildman–Crippen MR) is 160 cm³/mol. The number of hydrogen-bond acceptors (Lipinski definition) is 9. The Hall–Kier alpha value is -4.29. The average molecular weight is 573 g/mol. The normalized spacial score (nSPS) is 21.6. The van der Waals surface area contributed by atoms with E-state index in [0.717, 1.165) is 18.4 Å². The maximum atomic E-state index is 12.6. The van der Waals surface area contributed by atoms with Gasteiger partial charge < -0.3 is 34.8 Å². The SMILES string of the molecule is CC1COCCN1c1nc(-c2ccc(NC(=O)Nc3ccc(C(=O)N(C)C)cc3)cc2)nc(N2C3CCC2COC3)n1. The smallest absolute Gasteiger partial charge is 0.323 e. The van der Waals surface area contributed by atoms with Crippen LogP contribution in [-0.4, -0.2) is 97.0 Å². The van der Waals surface area contributed by atoms with Crippen LogP contribution in [0.4, 0.5) is 28.1 Å². The summed E-state index contributed by atoms with van der Waals surface area (Å²) in [6.45, 7) is 5.45. The van der Waals surface area contributed by atoms with E-state index in [9.17, 15) is 9.59 Å².